The smallest absolute Gasteiger partial charge is 0.310 e. The molecule has 2 aliphatic rings. The van der Waals surface area contributed by atoms with E-state index in [9.17, 15) is 9.59 Å². The zero-order valence-electron chi connectivity index (χ0n) is 16.5. The highest BCUT2D eigenvalue weighted by Crippen LogP contribution is 2.35. The zero-order valence-corrected chi connectivity index (χ0v) is 16.5. The molecule has 1 amide bonds. The van der Waals surface area contributed by atoms with Gasteiger partial charge in [-0.1, -0.05) is 46.0 Å². The molecule has 4 heteroatoms. The molecular weight excluding hydrogens is 314 g/mol. The van der Waals surface area contributed by atoms with Gasteiger partial charge in [-0.2, -0.15) is 0 Å². The fourth-order valence-corrected chi connectivity index (χ4v) is 4.63. The van der Waals surface area contributed by atoms with Crippen molar-refractivity contribution in [1.29, 1.82) is 0 Å². The maximum atomic E-state index is 13.2. The molecule has 4 nitrogen and oxygen atoms in total. The largest absolute Gasteiger partial charge is 0.469 e. The maximum Gasteiger partial charge on any atom is 0.310 e. The summed E-state index contributed by atoms with van der Waals surface area (Å²) >= 11 is 0. The average molecular weight is 352 g/mol. The van der Waals surface area contributed by atoms with Gasteiger partial charge in [0.1, 0.15) is 0 Å². The summed E-state index contributed by atoms with van der Waals surface area (Å²) < 4.78 is 4.88. The van der Waals surface area contributed by atoms with Gasteiger partial charge in [-0.15, -0.1) is 0 Å². The fourth-order valence-electron chi connectivity index (χ4n) is 4.63. The van der Waals surface area contributed by atoms with Crippen molar-refractivity contribution in [2.24, 2.45) is 17.8 Å². The van der Waals surface area contributed by atoms with Gasteiger partial charge in [0.05, 0.1) is 13.0 Å². The van der Waals surface area contributed by atoms with Crippen LogP contribution in [-0.4, -0.2) is 36.5 Å². The third kappa shape index (κ3) is 5.72. The summed E-state index contributed by atoms with van der Waals surface area (Å²) in [6.07, 6.45) is 12.9. The number of hydrogen-bond acceptors (Lipinski definition) is 3. The molecule has 1 unspecified atom stereocenters. The van der Waals surface area contributed by atoms with Crippen LogP contribution in [0.5, 0.6) is 0 Å². The number of methoxy groups -OCH3 is 1. The van der Waals surface area contributed by atoms with E-state index in [-0.39, 0.29) is 17.8 Å². The molecule has 0 N–H and O–H groups in total. The zero-order chi connectivity index (χ0) is 18.2. The molecule has 0 aromatic heterocycles. The molecule has 0 aromatic rings. The van der Waals surface area contributed by atoms with Crippen molar-refractivity contribution >= 4 is 11.9 Å². The van der Waals surface area contributed by atoms with Crippen LogP contribution in [0.15, 0.2) is 0 Å². The molecule has 0 spiro atoms. The second-order valence-corrected chi connectivity index (χ2v) is 8.21. The van der Waals surface area contributed by atoms with E-state index >= 15 is 0 Å². The van der Waals surface area contributed by atoms with Crippen LogP contribution >= 0.6 is 0 Å². The maximum absolute atomic E-state index is 13.2. The van der Waals surface area contributed by atoms with Gasteiger partial charge in [-0.3, -0.25) is 9.59 Å². The molecule has 2 aliphatic carbocycles. The molecule has 0 aliphatic heterocycles. The molecule has 0 bridgehead atoms. The summed E-state index contributed by atoms with van der Waals surface area (Å²) in [5.41, 5.74) is 0. The van der Waals surface area contributed by atoms with Gasteiger partial charge in [-0.25, -0.2) is 0 Å². The van der Waals surface area contributed by atoms with E-state index in [4.69, 9.17) is 4.74 Å². The van der Waals surface area contributed by atoms with Crippen molar-refractivity contribution in [2.45, 2.75) is 90.5 Å². The number of unbranched alkanes of at least 4 members (excludes halogenated alkanes) is 1. The van der Waals surface area contributed by atoms with Gasteiger partial charge in [0.15, 0.2) is 0 Å². The second kappa shape index (κ2) is 10.2. The monoisotopic (exact) mass is 351 g/mol. The molecule has 0 heterocycles. The van der Waals surface area contributed by atoms with E-state index in [2.05, 4.69) is 6.92 Å². The standard InChI is InChI=1S/C21H37NO3/c1-4-5-8-17-11-13-18(14-12-17)20(23)22(19-9-6-7-10-19)15-16(2)21(24)25-3/h16-19H,4-15H2,1-3H3. The quantitative estimate of drug-likeness (QED) is 0.602. The van der Waals surface area contributed by atoms with Crippen molar-refractivity contribution in [3.8, 4) is 0 Å². The lowest BCUT2D eigenvalue weighted by Gasteiger charge is -2.36. The van der Waals surface area contributed by atoms with Crippen LogP contribution in [0.2, 0.25) is 0 Å². The Morgan fingerprint density at radius 3 is 2.28 bits per heavy atom. The predicted octanol–water partition coefficient (Wildman–Crippen LogP) is 4.56. The number of esters is 1. The van der Waals surface area contributed by atoms with Crippen LogP contribution < -0.4 is 0 Å². The SMILES string of the molecule is CCCCC1CCC(C(=O)N(CC(C)C(=O)OC)C2CCCC2)CC1. The van der Waals surface area contributed by atoms with Crippen molar-refractivity contribution in [3.63, 3.8) is 0 Å². The molecule has 2 fully saturated rings. The van der Waals surface area contributed by atoms with Crippen LogP contribution in [0.4, 0.5) is 0 Å². The van der Waals surface area contributed by atoms with E-state index in [1.807, 2.05) is 11.8 Å². The first-order valence-electron chi connectivity index (χ1n) is 10.4. The van der Waals surface area contributed by atoms with E-state index < -0.39 is 0 Å². The number of carbonyl (C=O) groups excluding carboxylic acids is 2. The average Bonchev–Trinajstić information content (AvgIpc) is 3.17. The van der Waals surface area contributed by atoms with Crippen LogP contribution in [0.1, 0.15) is 84.5 Å². The summed E-state index contributed by atoms with van der Waals surface area (Å²) in [6, 6.07) is 0.331. The van der Waals surface area contributed by atoms with Crippen LogP contribution in [0.25, 0.3) is 0 Å². The topological polar surface area (TPSA) is 46.6 Å². The normalized spacial score (nSPS) is 25.6. The van der Waals surface area contributed by atoms with Crippen LogP contribution in [-0.2, 0) is 14.3 Å². The van der Waals surface area contributed by atoms with Gasteiger partial charge in [0.2, 0.25) is 5.91 Å². The van der Waals surface area contributed by atoms with E-state index in [1.165, 1.54) is 52.1 Å². The molecule has 1 atom stereocenters. The van der Waals surface area contributed by atoms with Gasteiger partial charge in [0, 0.05) is 18.5 Å². The first-order chi connectivity index (χ1) is 12.1. The number of nitrogens with zero attached hydrogens (tertiary/aromatic N) is 1. The fraction of sp³-hybridized carbons (Fsp3) is 0.905. The Bertz CT molecular complexity index is 423. The summed E-state index contributed by atoms with van der Waals surface area (Å²) in [6.45, 7) is 4.64. The molecule has 2 rings (SSSR count). The highest BCUT2D eigenvalue weighted by molar-refractivity contribution is 5.80. The minimum Gasteiger partial charge on any atom is -0.469 e. The highest BCUT2D eigenvalue weighted by Gasteiger charge is 2.35. The van der Waals surface area contributed by atoms with E-state index in [0.717, 1.165) is 31.6 Å². The Hall–Kier alpha value is -1.06. The Morgan fingerprint density at radius 2 is 1.72 bits per heavy atom. The van der Waals surface area contributed by atoms with Gasteiger partial charge in [0.25, 0.3) is 0 Å². The lowest BCUT2D eigenvalue weighted by atomic mass is 9.79. The summed E-state index contributed by atoms with van der Waals surface area (Å²) in [4.78, 5) is 27.1. The van der Waals surface area contributed by atoms with Crippen molar-refractivity contribution in [1.82, 2.24) is 4.90 Å². The third-order valence-electron chi connectivity index (χ3n) is 6.28. The van der Waals surface area contributed by atoms with Crippen molar-refractivity contribution in [2.75, 3.05) is 13.7 Å². The summed E-state index contributed by atoms with van der Waals surface area (Å²) in [5, 5.41) is 0. The first-order valence-corrected chi connectivity index (χ1v) is 10.4. The Labute approximate surface area is 153 Å². The number of carbonyl (C=O) groups is 2. The van der Waals surface area contributed by atoms with Crippen molar-refractivity contribution in [3.05, 3.63) is 0 Å². The lowest BCUT2D eigenvalue weighted by molar-refractivity contribution is -0.148. The molecule has 144 valence electrons. The lowest BCUT2D eigenvalue weighted by Crippen LogP contribution is -2.46. The number of rotatable bonds is 8. The molecular formula is C21H37NO3. The van der Waals surface area contributed by atoms with Gasteiger partial charge in [-0.05, 0) is 44.4 Å². The van der Waals surface area contributed by atoms with E-state index in [0.29, 0.717) is 18.5 Å². The van der Waals surface area contributed by atoms with Crippen molar-refractivity contribution < 1.29 is 14.3 Å². The predicted molar refractivity (Wildman–Crippen MR) is 100 cm³/mol. The first kappa shape index (κ1) is 20.3. The Kier molecular flexibility index (Phi) is 8.25. The Morgan fingerprint density at radius 1 is 1.08 bits per heavy atom. The van der Waals surface area contributed by atoms with Crippen LogP contribution in [0.3, 0.4) is 0 Å². The summed E-state index contributed by atoms with van der Waals surface area (Å²) in [5.74, 6) is 0.840. The van der Waals surface area contributed by atoms with Gasteiger partial charge >= 0.3 is 5.97 Å². The molecule has 25 heavy (non-hydrogen) atoms. The van der Waals surface area contributed by atoms with Gasteiger partial charge < -0.3 is 9.64 Å². The Balaban J connectivity index is 1.94. The van der Waals surface area contributed by atoms with Crippen LogP contribution in [0, 0.1) is 17.8 Å². The molecule has 2 saturated carbocycles. The number of amides is 1. The number of hydrogen-bond donors (Lipinski definition) is 0. The molecule has 0 radical (unpaired) electrons. The van der Waals surface area contributed by atoms with E-state index in [1.54, 1.807) is 0 Å². The molecule has 0 saturated heterocycles. The minimum absolute atomic E-state index is 0.170. The highest BCUT2D eigenvalue weighted by atomic mass is 16.5. The second-order valence-electron chi connectivity index (χ2n) is 8.21. The summed E-state index contributed by atoms with van der Waals surface area (Å²) in [7, 11) is 1.43. The number of ether oxygens (including phenoxy) is 1. The minimum atomic E-state index is -0.240. The molecule has 0 aromatic carbocycles. The third-order valence-corrected chi connectivity index (χ3v) is 6.28.